The number of aromatic hydroxyl groups is 1. The summed E-state index contributed by atoms with van der Waals surface area (Å²) in [5, 5.41) is 18.7. The maximum Gasteiger partial charge on any atom is 0.365 e. The summed E-state index contributed by atoms with van der Waals surface area (Å²) in [6.07, 6.45) is 0. The van der Waals surface area contributed by atoms with Crippen LogP contribution in [0.4, 0.5) is 4.39 Å². The molecule has 0 fully saturated rings. The van der Waals surface area contributed by atoms with Crippen molar-refractivity contribution in [1.82, 2.24) is 20.2 Å². The molecule has 0 saturated carbocycles. The third-order valence-electron chi connectivity index (χ3n) is 3.28. The highest BCUT2D eigenvalue weighted by atomic mass is 19.1. The lowest BCUT2D eigenvalue weighted by Crippen LogP contribution is -2.18. The first kappa shape index (κ1) is 14.8. The lowest BCUT2D eigenvalue weighted by Gasteiger charge is -2.12. The number of rotatable bonds is 4. The van der Waals surface area contributed by atoms with Gasteiger partial charge in [-0.2, -0.15) is 4.68 Å². The van der Waals surface area contributed by atoms with E-state index in [-0.39, 0.29) is 18.1 Å². The summed E-state index contributed by atoms with van der Waals surface area (Å²) in [6, 6.07) is 9.33. The fourth-order valence-corrected chi connectivity index (χ4v) is 2.24. The number of H-pyrrole nitrogens is 1. The van der Waals surface area contributed by atoms with Gasteiger partial charge in [0.25, 0.3) is 0 Å². The summed E-state index contributed by atoms with van der Waals surface area (Å²) >= 11 is 0. The number of ether oxygens (including phenoxy) is 1. The second-order valence-corrected chi connectivity index (χ2v) is 4.91. The fraction of sp³-hybridized carbons (Fsp3) is 0.133. The quantitative estimate of drug-likeness (QED) is 0.764. The summed E-state index contributed by atoms with van der Waals surface area (Å²) in [5.74, 6) is -0.773. The van der Waals surface area contributed by atoms with Crippen LogP contribution < -0.4 is 10.4 Å². The van der Waals surface area contributed by atoms with E-state index < -0.39 is 11.5 Å². The highest BCUT2D eigenvalue weighted by molar-refractivity contribution is 5.42. The molecule has 1 heterocycles. The van der Waals surface area contributed by atoms with Gasteiger partial charge in [-0.25, -0.2) is 14.3 Å². The maximum atomic E-state index is 13.9. The fourth-order valence-electron chi connectivity index (χ4n) is 2.24. The van der Waals surface area contributed by atoms with Gasteiger partial charge in [-0.1, -0.05) is 18.2 Å². The predicted octanol–water partition coefficient (Wildman–Crippen LogP) is 1.69. The summed E-state index contributed by atoms with van der Waals surface area (Å²) in [4.78, 5) is 11.6. The van der Waals surface area contributed by atoms with Crippen molar-refractivity contribution in [2.45, 2.75) is 13.5 Å². The Balaban J connectivity index is 1.91. The van der Waals surface area contributed by atoms with Crippen molar-refractivity contribution in [2.24, 2.45) is 0 Å². The second-order valence-electron chi connectivity index (χ2n) is 4.91. The van der Waals surface area contributed by atoms with Gasteiger partial charge in [-0.15, -0.1) is 0 Å². The van der Waals surface area contributed by atoms with Gasteiger partial charge >= 0.3 is 5.69 Å². The van der Waals surface area contributed by atoms with Crippen LogP contribution in [-0.4, -0.2) is 25.3 Å². The van der Waals surface area contributed by atoms with E-state index in [2.05, 4.69) is 15.5 Å². The van der Waals surface area contributed by atoms with E-state index in [0.29, 0.717) is 16.8 Å². The average Bonchev–Trinajstić information content (AvgIpc) is 2.92. The van der Waals surface area contributed by atoms with Gasteiger partial charge in [0.05, 0.1) is 5.69 Å². The number of nitrogens with one attached hydrogen (secondary N) is 1. The van der Waals surface area contributed by atoms with Gasteiger partial charge in [-0.3, -0.25) is 0 Å². The summed E-state index contributed by atoms with van der Waals surface area (Å²) in [5.41, 5.74) is 1.11. The largest absolute Gasteiger partial charge is 0.508 e. The van der Waals surface area contributed by atoms with Crippen molar-refractivity contribution in [3.8, 4) is 17.2 Å². The molecular formula is C15H13FN4O3. The Kier molecular flexibility index (Phi) is 3.80. The average molecular weight is 316 g/mol. The Morgan fingerprint density at radius 1 is 1.35 bits per heavy atom. The molecule has 0 bridgehead atoms. The molecule has 2 N–H and O–H groups in total. The first-order valence-corrected chi connectivity index (χ1v) is 6.77. The Hall–Kier alpha value is -3.16. The van der Waals surface area contributed by atoms with E-state index in [1.54, 1.807) is 31.2 Å². The molecule has 0 unspecified atom stereocenters. The second kappa shape index (κ2) is 5.91. The number of para-hydroxylation sites is 1. The molecule has 0 aliphatic carbocycles. The molecule has 0 spiro atoms. The van der Waals surface area contributed by atoms with Gasteiger partial charge in [0, 0.05) is 11.6 Å². The van der Waals surface area contributed by atoms with E-state index in [1.165, 1.54) is 6.07 Å². The Morgan fingerprint density at radius 3 is 2.83 bits per heavy atom. The number of hydrogen-bond donors (Lipinski definition) is 2. The normalized spacial score (nSPS) is 10.7. The van der Waals surface area contributed by atoms with Gasteiger partial charge in [0.2, 0.25) is 0 Å². The van der Waals surface area contributed by atoms with Crippen LogP contribution in [-0.2, 0) is 6.61 Å². The lowest BCUT2D eigenvalue weighted by molar-refractivity contribution is 0.286. The van der Waals surface area contributed by atoms with Gasteiger partial charge in [0.1, 0.15) is 12.4 Å². The van der Waals surface area contributed by atoms with E-state index in [9.17, 15) is 14.3 Å². The zero-order valence-electron chi connectivity index (χ0n) is 12.2. The minimum absolute atomic E-state index is 0.0258. The molecule has 0 aliphatic rings. The Morgan fingerprint density at radius 2 is 2.13 bits per heavy atom. The molecule has 1 aromatic heterocycles. The van der Waals surface area contributed by atoms with Crippen LogP contribution in [0.25, 0.3) is 5.69 Å². The number of aromatic nitrogens is 4. The van der Waals surface area contributed by atoms with Crippen LogP contribution >= 0.6 is 0 Å². The summed E-state index contributed by atoms with van der Waals surface area (Å²) in [6.45, 7) is 1.66. The SMILES string of the molecule is Cc1cc(O)cc(F)c1OCc1ccccc1-n1nn[nH]c1=O. The molecule has 0 amide bonds. The van der Waals surface area contributed by atoms with E-state index in [4.69, 9.17) is 4.74 Å². The molecule has 2 aromatic carbocycles. The topological polar surface area (TPSA) is 93.0 Å². The first-order valence-electron chi connectivity index (χ1n) is 6.77. The summed E-state index contributed by atoms with van der Waals surface area (Å²) in [7, 11) is 0. The molecule has 0 atom stereocenters. The van der Waals surface area contributed by atoms with Crippen LogP contribution in [0.1, 0.15) is 11.1 Å². The Bertz CT molecular complexity index is 880. The third-order valence-corrected chi connectivity index (χ3v) is 3.28. The molecule has 8 heteroatoms. The monoisotopic (exact) mass is 316 g/mol. The first-order chi connectivity index (χ1) is 11.1. The zero-order valence-corrected chi connectivity index (χ0v) is 12.2. The van der Waals surface area contributed by atoms with Crippen LogP contribution in [0.15, 0.2) is 41.2 Å². The number of aromatic amines is 1. The molecule has 0 saturated heterocycles. The molecule has 0 radical (unpaired) electrons. The van der Waals surface area contributed by atoms with E-state index in [1.807, 2.05) is 0 Å². The number of tetrazole rings is 1. The van der Waals surface area contributed by atoms with Crippen molar-refractivity contribution >= 4 is 0 Å². The minimum atomic E-state index is -0.654. The minimum Gasteiger partial charge on any atom is -0.508 e. The van der Waals surface area contributed by atoms with Crippen LogP contribution in [0.2, 0.25) is 0 Å². The molecule has 0 aliphatic heterocycles. The maximum absolute atomic E-state index is 13.9. The van der Waals surface area contributed by atoms with Gasteiger partial charge in [-0.05, 0) is 35.0 Å². The summed E-state index contributed by atoms with van der Waals surface area (Å²) < 4.78 is 20.5. The highest BCUT2D eigenvalue weighted by Gasteiger charge is 2.13. The number of phenolic OH excluding ortho intramolecular Hbond substituents is 1. The lowest BCUT2D eigenvalue weighted by atomic mass is 10.2. The van der Waals surface area contributed by atoms with Crippen molar-refractivity contribution in [3.63, 3.8) is 0 Å². The van der Waals surface area contributed by atoms with Crippen molar-refractivity contribution in [1.29, 1.82) is 0 Å². The van der Waals surface area contributed by atoms with Gasteiger partial charge in [0.15, 0.2) is 11.6 Å². The predicted molar refractivity (Wildman–Crippen MR) is 79.1 cm³/mol. The van der Waals surface area contributed by atoms with Crippen LogP contribution in [0.5, 0.6) is 11.5 Å². The van der Waals surface area contributed by atoms with E-state index >= 15 is 0 Å². The molecule has 3 rings (SSSR count). The van der Waals surface area contributed by atoms with Crippen molar-refractivity contribution in [3.05, 3.63) is 63.8 Å². The highest BCUT2D eigenvalue weighted by Crippen LogP contribution is 2.28. The molecule has 23 heavy (non-hydrogen) atoms. The van der Waals surface area contributed by atoms with Crippen molar-refractivity contribution in [2.75, 3.05) is 0 Å². The molecule has 3 aromatic rings. The standard InChI is InChI=1S/C15H13FN4O3/c1-9-6-11(21)7-12(16)14(9)23-8-10-4-2-3-5-13(10)20-15(22)17-18-19-20/h2-7,21H,8H2,1H3,(H,17,19,22). The van der Waals surface area contributed by atoms with Crippen LogP contribution in [0, 0.1) is 12.7 Å². The molecular weight excluding hydrogens is 303 g/mol. The molecule has 7 nitrogen and oxygen atoms in total. The smallest absolute Gasteiger partial charge is 0.365 e. The number of benzene rings is 2. The number of hydrogen-bond acceptors (Lipinski definition) is 5. The van der Waals surface area contributed by atoms with Crippen molar-refractivity contribution < 1.29 is 14.2 Å². The molecule has 118 valence electrons. The Labute approximate surface area is 129 Å². The number of halogens is 1. The zero-order chi connectivity index (χ0) is 16.4. The number of nitrogens with zero attached hydrogens (tertiary/aromatic N) is 3. The number of phenols is 1. The van der Waals surface area contributed by atoms with E-state index in [0.717, 1.165) is 10.7 Å². The van der Waals surface area contributed by atoms with Gasteiger partial charge < -0.3 is 9.84 Å². The van der Waals surface area contributed by atoms with Crippen LogP contribution in [0.3, 0.4) is 0 Å². The third kappa shape index (κ3) is 2.91. The number of aryl methyl sites for hydroxylation is 1.